The lowest BCUT2D eigenvalue weighted by atomic mass is 9.79. The molecule has 0 bridgehead atoms. The van der Waals surface area contributed by atoms with Gasteiger partial charge < -0.3 is 4.90 Å². The lowest BCUT2D eigenvalue weighted by Crippen LogP contribution is -3.13. The molecule has 11 heavy (non-hydrogen) atoms. The molecule has 1 aliphatic heterocycles. The summed E-state index contributed by atoms with van der Waals surface area (Å²) in [5.74, 6) is 1.03. The van der Waals surface area contributed by atoms with Crippen LogP contribution < -0.4 is 4.90 Å². The fourth-order valence-electron chi connectivity index (χ4n) is 2.87. The largest absolute Gasteiger partial charge is 0.465 e. The Kier molecular flexibility index (Phi) is 2.17. The van der Waals surface area contributed by atoms with E-state index in [1.807, 2.05) is 0 Å². The van der Waals surface area contributed by atoms with Crippen LogP contribution in [-0.4, -0.2) is 12.6 Å². The van der Waals surface area contributed by atoms with Crippen LogP contribution in [0, 0.1) is 13.0 Å². The van der Waals surface area contributed by atoms with Crippen LogP contribution in [0.15, 0.2) is 0 Å². The summed E-state index contributed by atoms with van der Waals surface area (Å²) in [6.45, 7) is 1.32. The Bertz CT molecular complexity index is 131. The molecule has 0 amide bonds. The van der Waals surface area contributed by atoms with Gasteiger partial charge in [0.05, 0.1) is 12.6 Å². The minimum absolute atomic E-state index is 0.928. The van der Waals surface area contributed by atoms with E-state index in [9.17, 15) is 0 Å². The van der Waals surface area contributed by atoms with Crippen molar-refractivity contribution in [2.45, 2.75) is 44.6 Å². The van der Waals surface area contributed by atoms with E-state index in [4.69, 9.17) is 0 Å². The molecule has 1 nitrogen and oxygen atoms in total. The topological polar surface area (TPSA) is 4.44 Å². The number of quaternary nitrogens is 1. The second-order valence-corrected chi connectivity index (χ2v) is 4.20. The fraction of sp³-hybridized carbons (Fsp3) is 0.900. The van der Waals surface area contributed by atoms with Gasteiger partial charge in [-0.1, -0.05) is 6.42 Å². The lowest BCUT2D eigenvalue weighted by molar-refractivity contribution is -0.893. The van der Waals surface area contributed by atoms with Crippen molar-refractivity contribution in [3.05, 3.63) is 7.05 Å². The summed E-state index contributed by atoms with van der Waals surface area (Å²) >= 11 is 0. The summed E-state index contributed by atoms with van der Waals surface area (Å²) in [6.07, 6.45) is 8.78. The third-order valence-electron chi connectivity index (χ3n) is 3.51. The van der Waals surface area contributed by atoms with E-state index in [2.05, 4.69) is 7.05 Å². The SMILES string of the molecule is [CH2-][NH+]1CCCC2CCCCC21. The first-order valence-electron chi connectivity index (χ1n) is 5.05. The third kappa shape index (κ3) is 1.44. The molecular weight excluding hydrogens is 134 g/mol. The molecule has 0 spiro atoms. The molecule has 3 atom stereocenters. The predicted molar refractivity (Wildman–Crippen MR) is 46.2 cm³/mol. The zero-order chi connectivity index (χ0) is 7.68. The molecule has 0 aromatic rings. The van der Waals surface area contributed by atoms with E-state index >= 15 is 0 Å². The van der Waals surface area contributed by atoms with Gasteiger partial charge in [-0.2, -0.15) is 7.05 Å². The monoisotopic (exact) mass is 153 g/mol. The Morgan fingerprint density at radius 2 is 1.73 bits per heavy atom. The quantitative estimate of drug-likeness (QED) is 0.495. The molecule has 1 aliphatic carbocycles. The molecule has 2 fully saturated rings. The molecule has 1 heteroatoms. The van der Waals surface area contributed by atoms with E-state index in [1.54, 1.807) is 4.90 Å². The molecular formula is C10H19N. The van der Waals surface area contributed by atoms with Crippen LogP contribution >= 0.6 is 0 Å². The maximum Gasteiger partial charge on any atom is 0.0663 e. The van der Waals surface area contributed by atoms with Crippen LogP contribution in [0.1, 0.15) is 38.5 Å². The highest BCUT2D eigenvalue weighted by Gasteiger charge is 2.31. The Balaban J connectivity index is 1.99. The first-order valence-corrected chi connectivity index (χ1v) is 5.05. The van der Waals surface area contributed by atoms with Gasteiger partial charge in [0.2, 0.25) is 0 Å². The zero-order valence-corrected chi connectivity index (χ0v) is 7.31. The molecule has 2 rings (SSSR count). The molecule has 64 valence electrons. The lowest BCUT2D eigenvalue weighted by Gasteiger charge is -2.43. The smallest absolute Gasteiger partial charge is 0.0663 e. The summed E-state index contributed by atoms with van der Waals surface area (Å²) in [6, 6.07) is 0.928. The van der Waals surface area contributed by atoms with Crippen molar-refractivity contribution in [2.75, 3.05) is 6.54 Å². The number of piperidine rings is 1. The van der Waals surface area contributed by atoms with Crippen LogP contribution in [0.5, 0.6) is 0 Å². The van der Waals surface area contributed by atoms with Gasteiger partial charge in [-0.25, -0.2) is 0 Å². The summed E-state index contributed by atoms with van der Waals surface area (Å²) in [5, 5.41) is 0. The van der Waals surface area contributed by atoms with Gasteiger partial charge in [0, 0.05) is 5.92 Å². The van der Waals surface area contributed by atoms with Crippen molar-refractivity contribution in [3.63, 3.8) is 0 Å². The number of hydrogen-bond acceptors (Lipinski definition) is 0. The van der Waals surface area contributed by atoms with Gasteiger partial charge in [-0.15, -0.1) is 0 Å². The van der Waals surface area contributed by atoms with Crippen molar-refractivity contribution in [1.82, 2.24) is 0 Å². The molecule has 2 aliphatic rings. The van der Waals surface area contributed by atoms with Gasteiger partial charge in [0.25, 0.3) is 0 Å². The summed E-state index contributed by atoms with van der Waals surface area (Å²) in [4.78, 5) is 1.57. The zero-order valence-electron chi connectivity index (χ0n) is 7.31. The first kappa shape index (κ1) is 7.60. The van der Waals surface area contributed by atoms with Gasteiger partial charge >= 0.3 is 0 Å². The van der Waals surface area contributed by atoms with Gasteiger partial charge in [0.1, 0.15) is 0 Å². The minimum Gasteiger partial charge on any atom is -0.465 e. The molecule has 3 unspecified atom stereocenters. The molecule has 0 aromatic carbocycles. The van der Waals surface area contributed by atoms with Gasteiger partial charge in [-0.3, -0.25) is 0 Å². The van der Waals surface area contributed by atoms with Crippen molar-refractivity contribution >= 4 is 0 Å². The maximum absolute atomic E-state index is 4.20. The Morgan fingerprint density at radius 3 is 2.55 bits per heavy atom. The third-order valence-corrected chi connectivity index (χ3v) is 3.51. The minimum atomic E-state index is 0.928. The second-order valence-electron chi connectivity index (χ2n) is 4.20. The first-order chi connectivity index (χ1) is 5.38. The number of likely N-dealkylation sites (tertiary alicyclic amines) is 1. The summed E-state index contributed by atoms with van der Waals surface area (Å²) in [7, 11) is 4.20. The maximum atomic E-state index is 4.20. The Morgan fingerprint density at radius 1 is 1.00 bits per heavy atom. The van der Waals surface area contributed by atoms with Crippen LogP contribution in [-0.2, 0) is 0 Å². The van der Waals surface area contributed by atoms with E-state index in [0.717, 1.165) is 12.0 Å². The van der Waals surface area contributed by atoms with Gasteiger partial charge in [0.15, 0.2) is 0 Å². The predicted octanol–water partition coefficient (Wildman–Crippen LogP) is 1.02. The molecule has 0 aromatic heterocycles. The average Bonchev–Trinajstić information content (AvgIpc) is 2.06. The van der Waals surface area contributed by atoms with Crippen LogP contribution in [0.25, 0.3) is 0 Å². The summed E-state index contributed by atoms with van der Waals surface area (Å²) in [5.41, 5.74) is 0. The summed E-state index contributed by atoms with van der Waals surface area (Å²) < 4.78 is 0. The second kappa shape index (κ2) is 3.14. The molecule has 1 N–H and O–H groups in total. The molecule has 0 radical (unpaired) electrons. The number of nitrogens with one attached hydrogen (secondary N) is 1. The van der Waals surface area contributed by atoms with E-state index in [1.165, 1.54) is 45.1 Å². The normalized spacial score (nSPS) is 45.0. The van der Waals surface area contributed by atoms with Crippen LogP contribution in [0.3, 0.4) is 0 Å². The van der Waals surface area contributed by atoms with Crippen molar-refractivity contribution < 1.29 is 4.90 Å². The standard InChI is InChI=1S/C10H19N/c1-11-8-4-6-9-5-2-3-7-10(9)11/h9-11H,1-8H2. The molecule has 1 heterocycles. The Hall–Kier alpha value is -0.0400. The molecule has 1 saturated heterocycles. The molecule has 1 saturated carbocycles. The highest BCUT2D eigenvalue weighted by molar-refractivity contribution is 4.77. The van der Waals surface area contributed by atoms with Crippen molar-refractivity contribution in [3.8, 4) is 0 Å². The van der Waals surface area contributed by atoms with Crippen molar-refractivity contribution in [1.29, 1.82) is 0 Å². The number of fused-ring (bicyclic) bond motifs is 1. The fourth-order valence-corrected chi connectivity index (χ4v) is 2.87. The highest BCUT2D eigenvalue weighted by Crippen LogP contribution is 2.27. The van der Waals surface area contributed by atoms with Crippen LogP contribution in [0.4, 0.5) is 0 Å². The number of rotatable bonds is 0. The van der Waals surface area contributed by atoms with E-state index < -0.39 is 0 Å². The van der Waals surface area contributed by atoms with E-state index in [0.29, 0.717) is 0 Å². The van der Waals surface area contributed by atoms with Gasteiger partial charge in [-0.05, 0) is 32.1 Å². The van der Waals surface area contributed by atoms with E-state index in [-0.39, 0.29) is 0 Å². The average molecular weight is 153 g/mol. The van der Waals surface area contributed by atoms with Crippen LogP contribution in [0.2, 0.25) is 0 Å². The van der Waals surface area contributed by atoms with Crippen molar-refractivity contribution in [2.24, 2.45) is 5.92 Å². The highest BCUT2D eigenvalue weighted by atomic mass is 15.1. The Labute approximate surface area is 69.8 Å². The number of hydrogen-bond donors (Lipinski definition) is 1.